The minimum absolute atomic E-state index is 0.0429. The molecule has 10 nitrogen and oxygen atoms in total. The molecule has 1 saturated heterocycles. The van der Waals surface area contributed by atoms with Gasteiger partial charge in [0.1, 0.15) is 11.2 Å². The van der Waals surface area contributed by atoms with Crippen LogP contribution in [0.4, 0.5) is 23.9 Å². The van der Waals surface area contributed by atoms with E-state index < -0.39 is 23.4 Å². The first-order chi connectivity index (χ1) is 18.4. The number of hydrogen-bond donors (Lipinski definition) is 2. The molecule has 13 heteroatoms. The lowest BCUT2D eigenvalue weighted by molar-refractivity contribution is -0.137. The van der Waals surface area contributed by atoms with E-state index in [0.717, 1.165) is 6.20 Å². The Morgan fingerprint density at radius 3 is 2.72 bits per heavy atom. The highest BCUT2D eigenvalue weighted by atomic mass is 19.4. The third-order valence-electron chi connectivity index (χ3n) is 6.21. The van der Waals surface area contributed by atoms with Gasteiger partial charge in [-0.3, -0.25) is 0 Å². The molecule has 39 heavy (non-hydrogen) atoms. The first-order valence-corrected chi connectivity index (χ1v) is 12.5. The molecule has 5 rings (SSSR count). The largest absolute Gasteiger partial charge is 0.444 e. The van der Waals surface area contributed by atoms with Crippen molar-refractivity contribution in [2.75, 3.05) is 18.4 Å². The molecule has 1 aliphatic rings. The summed E-state index contributed by atoms with van der Waals surface area (Å²) >= 11 is 0. The van der Waals surface area contributed by atoms with Crippen molar-refractivity contribution in [3.8, 4) is 22.7 Å². The Kier molecular flexibility index (Phi) is 6.69. The maximum absolute atomic E-state index is 14.0. The number of rotatable bonds is 4. The molecule has 0 saturated carbocycles. The molecule has 4 aromatic rings. The number of aromatic amines is 1. The first kappa shape index (κ1) is 26.4. The molecule has 1 fully saturated rings. The van der Waals surface area contributed by atoms with Crippen molar-refractivity contribution in [2.45, 2.75) is 58.4 Å². The van der Waals surface area contributed by atoms with Crippen LogP contribution in [0.1, 0.15) is 45.0 Å². The number of hydrogen-bond acceptors (Lipinski definition) is 8. The Labute approximate surface area is 222 Å². The minimum atomic E-state index is -4.67. The van der Waals surface area contributed by atoms with Gasteiger partial charge in [-0.05, 0) is 52.7 Å². The Morgan fingerprint density at radius 1 is 1.23 bits per heavy atom. The fourth-order valence-electron chi connectivity index (χ4n) is 4.50. The van der Waals surface area contributed by atoms with Crippen LogP contribution in [-0.4, -0.2) is 60.8 Å². The lowest BCUT2D eigenvalue weighted by Gasteiger charge is -2.34. The van der Waals surface area contributed by atoms with Crippen LogP contribution in [0.15, 0.2) is 35.1 Å². The molecule has 206 valence electrons. The van der Waals surface area contributed by atoms with Gasteiger partial charge in [0.05, 0.1) is 5.69 Å². The summed E-state index contributed by atoms with van der Waals surface area (Å²) in [6.07, 6.45) is -1.43. The van der Waals surface area contributed by atoms with E-state index in [1.165, 1.54) is 6.20 Å². The zero-order valence-electron chi connectivity index (χ0n) is 21.9. The molecule has 1 aliphatic heterocycles. The number of likely N-dealkylation sites (tertiary alicyclic amines) is 1. The molecular formula is C26H28F3N7O3. The number of carbonyl (C=O) groups excluding carboxylic acids is 1. The Bertz CT molecular complexity index is 1510. The number of ether oxygens (including phenoxy) is 1. The fraction of sp³-hybridized carbons (Fsp3) is 0.423. The van der Waals surface area contributed by atoms with Gasteiger partial charge < -0.3 is 24.5 Å². The number of H-pyrrole nitrogens is 1. The van der Waals surface area contributed by atoms with E-state index in [1.807, 2.05) is 0 Å². The van der Waals surface area contributed by atoms with Gasteiger partial charge >= 0.3 is 12.3 Å². The van der Waals surface area contributed by atoms with Crippen molar-refractivity contribution in [3.63, 3.8) is 0 Å². The average Bonchev–Trinajstić information content (AvgIpc) is 3.48. The topological polar surface area (TPSA) is 122 Å². The Morgan fingerprint density at radius 2 is 2.03 bits per heavy atom. The molecule has 0 radical (unpaired) electrons. The third kappa shape index (κ3) is 5.81. The van der Waals surface area contributed by atoms with Crippen molar-refractivity contribution < 1.29 is 27.2 Å². The van der Waals surface area contributed by atoms with Crippen molar-refractivity contribution >= 4 is 22.9 Å². The van der Waals surface area contributed by atoms with Gasteiger partial charge in [0.15, 0.2) is 5.82 Å². The smallest absolute Gasteiger partial charge is 0.419 e. The summed E-state index contributed by atoms with van der Waals surface area (Å²) in [5.74, 6) is 0.824. The van der Waals surface area contributed by atoms with Crippen LogP contribution in [0.5, 0.6) is 0 Å². The molecular weight excluding hydrogens is 515 g/mol. The number of fused-ring (bicyclic) bond motifs is 1. The van der Waals surface area contributed by atoms with E-state index in [-0.39, 0.29) is 23.2 Å². The molecule has 0 aliphatic carbocycles. The molecule has 1 aromatic carbocycles. The van der Waals surface area contributed by atoms with Crippen molar-refractivity contribution in [1.29, 1.82) is 0 Å². The normalized spacial score (nSPS) is 16.5. The second-order valence-electron chi connectivity index (χ2n) is 10.5. The number of carbonyl (C=O) groups is 1. The van der Waals surface area contributed by atoms with Crippen molar-refractivity contribution in [2.24, 2.45) is 0 Å². The van der Waals surface area contributed by atoms with Crippen LogP contribution >= 0.6 is 0 Å². The highest BCUT2D eigenvalue weighted by molar-refractivity contribution is 5.97. The van der Waals surface area contributed by atoms with Crippen molar-refractivity contribution in [1.82, 2.24) is 30.0 Å². The number of benzene rings is 1. The van der Waals surface area contributed by atoms with Gasteiger partial charge in [-0.25, -0.2) is 14.8 Å². The summed E-state index contributed by atoms with van der Waals surface area (Å²) in [5.41, 5.74) is -0.357. The molecule has 1 atom stereocenters. The van der Waals surface area contributed by atoms with Gasteiger partial charge in [0.25, 0.3) is 5.89 Å². The Hall–Kier alpha value is -4.16. The number of aromatic nitrogens is 5. The molecule has 3 aromatic heterocycles. The standard InChI is InChI=1S/C26H28F3N7O3/c1-14-32-22(39-35-14)15-7-8-17-18(11-30-20(17)10-15)21-19(26(27,28)29)12-31-23(34-21)33-16-6-5-9-36(13-16)24(37)38-25(2,3)4/h7-8,10-12,16,30H,5-6,9,13H2,1-4H3,(H,31,33,34)/t16-/m0/s1. The third-order valence-corrected chi connectivity index (χ3v) is 6.21. The second kappa shape index (κ2) is 9.86. The predicted octanol–water partition coefficient (Wildman–Crippen LogP) is 5.81. The van der Waals surface area contributed by atoms with Crippen LogP contribution in [0.3, 0.4) is 0 Å². The summed E-state index contributed by atoms with van der Waals surface area (Å²) in [4.78, 5) is 29.6. The number of piperidine rings is 1. The van der Waals surface area contributed by atoms with Crippen LogP contribution in [0, 0.1) is 6.92 Å². The molecule has 0 bridgehead atoms. The minimum Gasteiger partial charge on any atom is -0.444 e. The van der Waals surface area contributed by atoms with E-state index in [4.69, 9.17) is 9.26 Å². The van der Waals surface area contributed by atoms with Crippen LogP contribution in [0.25, 0.3) is 33.6 Å². The van der Waals surface area contributed by atoms with Crippen molar-refractivity contribution in [3.05, 3.63) is 42.0 Å². The number of anilines is 1. The van der Waals surface area contributed by atoms with Gasteiger partial charge in [-0.1, -0.05) is 11.2 Å². The Balaban J connectivity index is 1.44. The number of halogens is 3. The molecule has 4 heterocycles. The molecule has 0 unspecified atom stereocenters. The lowest BCUT2D eigenvalue weighted by Crippen LogP contribution is -2.47. The van der Waals surface area contributed by atoms with Gasteiger partial charge in [-0.2, -0.15) is 18.2 Å². The summed E-state index contributed by atoms with van der Waals surface area (Å²) in [5, 5.41) is 7.43. The molecule has 0 spiro atoms. The average molecular weight is 544 g/mol. The zero-order chi connectivity index (χ0) is 27.9. The van der Waals surface area contributed by atoms with Gasteiger partial charge in [0, 0.05) is 53.6 Å². The van der Waals surface area contributed by atoms with Gasteiger partial charge in [0.2, 0.25) is 5.95 Å². The van der Waals surface area contributed by atoms with Crippen LogP contribution < -0.4 is 5.32 Å². The summed E-state index contributed by atoms with van der Waals surface area (Å²) in [6, 6.07) is 4.87. The number of nitrogens with zero attached hydrogens (tertiary/aromatic N) is 5. The summed E-state index contributed by atoms with van der Waals surface area (Å²) < 4.78 is 52.7. The lowest BCUT2D eigenvalue weighted by atomic mass is 10.0. The van der Waals surface area contributed by atoms with E-state index in [1.54, 1.807) is 50.8 Å². The zero-order valence-corrected chi connectivity index (χ0v) is 21.9. The molecule has 1 amide bonds. The maximum atomic E-state index is 14.0. The fourth-order valence-corrected chi connectivity index (χ4v) is 4.50. The number of alkyl halides is 3. The quantitative estimate of drug-likeness (QED) is 0.331. The maximum Gasteiger partial charge on any atom is 0.419 e. The van der Waals surface area contributed by atoms with E-state index in [9.17, 15) is 18.0 Å². The predicted molar refractivity (Wildman–Crippen MR) is 137 cm³/mol. The van der Waals surface area contributed by atoms with E-state index in [2.05, 4.69) is 30.4 Å². The summed E-state index contributed by atoms with van der Waals surface area (Å²) in [6.45, 7) is 7.92. The van der Waals surface area contributed by atoms with E-state index >= 15 is 0 Å². The van der Waals surface area contributed by atoms with Crippen LogP contribution in [0.2, 0.25) is 0 Å². The monoisotopic (exact) mass is 543 g/mol. The number of aryl methyl sites for hydroxylation is 1. The summed E-state index contributed by atoms with van der Waals surface area (Å²) in [7, 11) is 0. The second-order valence-corrected chi connectivity index (χ2v) is 10.5. The highest BCUT2D eigenvalue weighted by Crippen LogP contribution is 2.39. The molecule has 2 N–H and O–H groups in total. The highest BCUT2D eigenvalue weighted by Gasteiger charge is 2.36. The SMILES string of the molecule is Cc1noc(-c2ccc3c(-c4nc(N[C@H]5CCCN(C(=O)OC(C)(C)C)C5)ncc4C(F)(F)F)c[nH]c3c2)n1. The number of amides is 1. The number of nitrogens with one attached hydrogen (secondary N) is 2. The first-order valence-electron chi connectivity index (χ1n) is 12.5. The van der Waals surface area contributed by atoms with E-state index in [0.29, 0.717) is 54.1 Å². The van der Waals surface area contributed by atoms with Gasteiger partial charge in [-0.15, -0.1) is 0 Å². The van der Waals surface area contributed by atoms with Crippen LogP contribution in [-0.2, 0) is 10.9 Å².